The Morgan fingerprint density at radius 3 is 2.55 bits per heavy atom. The van der Waals surface area contributed by atoms with Crippen LogP contribution in [0.3, 0.4) is 0 Å². The van der Waals surface area contributed by atoms with E-state index in [1.807, 2.05) is 61.0 Å². The predicted octanol–water partition coefficient (Wildman–Crippen LogP) is 6.65. The Bertz CT molecular complexity index is 2060. The van der Waals surface area contributed by atoms with E-state index < -0.39 is 23.2 Å². The number of hydrogen-bond donors (Lipinski definition) is 3. The molecule has 0 bridgehead atoms. The number of rotatable bonds is 11. The fourth-order valence-corrected chi connectivity index (χ4v) is 5.04. The van der Waals surface area contributed by atoms with Crippen LogP contribution in [0.5, 0.6) is 11.5 Å². The molecule has 12 heteroatoms. The SMILES string of the molecule is CNCCOc1cccc(Nc2nccc(-c3c(-c4ccc(OC)c(C(=O)Nc5c(F)cccc5F)c4)nc4cc(C)ccn34)n2)c1. The van der Waals surface area contributed by atoms with E-state index in [9.17, 15) is 13.6 Å². The molecular weight excluding hydrogens is 604 g/mol. The zero-order chi connectivity index (χ0) is 32.9. The first-order chi connectivity index (χ1) is 22.8. The molecule has 238 valence electrons. The quantitative estimate of drug-likeness (QED) is 0.136. The molecule has 0 fully saturated rings. The number of carbonyl (C=O) groups excluding carboxylic acids is 1. The van der Waals surface area contributed by atoms with Crippen molar-refractivity contribution in [3.05, 3.63) is 114 Å². The van der Waals surface area contributed by atoms with Crippen molar-refractivity contribution in [3.8, 4) is 34.1 Å². The minimum absolute atomic E-state index is 0.0636. The molecule has 0 saturated heterocycles. The Morgan fingerprint density at radius 2 is 1.77 bits per heavy atom. The van der Waals surface area contributed by atoms with Crippen molar-refractivity contribution < 1.29 is 23.0 Å². The van der Waals surface area contributed by atoms with Gasteiger partial charge in [-0.3, -0.25) is 9.20 Å². The van der Waals surface area contributed by atoms with Gasteiger partial charge in [0.15, 0.2) is 0 Å². The smallest absolute Gasteiger partial charge is 0.259 e. The number of hydrogen-bond acceptors (Lipinski definition) is 8. The van der Waals surface area contributed by atoms with E-state index in [2.05, 4.69) is 20.9 Å². The second-order valence-electron chi connectivity index (χ2n) is 10.6. The summed E-state index contributed by atoms with van der Waals surface area (Å²) in [7, 11) is 3.27. The first kappa shape index (κ1) is 31.1. The molecule has 47 heavy (non-hydrogen) atoms. The number of nitrogens with one attached hydrogen (secondary N) is 3. The van der Waals surface area contributed by atoms with Gasteiger partial charge >= 0.3 is 0 Å². The number of imidazole rings is 1. The van der Waals surface area contributed by atoms with Crippen molar-refractivity contribution >= 4 is 28.9 Å². The summed E-state index contributed by atoms with van der Waals surface area (Å²) in [6, 6.07) is 21.5. The van der Waals surface area contributed by atoms with Gasteiger partial charge in [-0.25, -0.2) is 23.7 Å². The van der Waals surface area contributed by atoms with Crippen LogP contribution in [0.25, 0.3) is 28.3 Å². The summed E-state index contributed by atoms with van der Waals surface area (Å²) in [5.41, 5.74) is 4.20. The molecule has 6 aromatic rings. The lowest BCUT2D eigenvalue weighted by Crippen LogP contribution is -2.15. The van der Waals surface area contributed by atoms with Crippen LogP contribution in [0.4, 0.5) is 26.1 Å². The number of methoxy groups -OCH3 is 1. The van der Waals surface area contributed by atoms with Gasteiger partial charge in [0.1, 0.15) is 41.1 Å². The number of carbonyl (C=O) groups is 1. The van der Waals surface area contributed by atoms with Crippen LogP contribution in [-0.4, -0.2) is 52.6 Å². The maximum Gasteiger partial charge on any atom is 0.259 e. The first-order valence-electron chi connectivity index (χ1n) is 14.7. The third-order valence-electron chi connectivity index (χ3n) is 7.31. The summed E-state index contributed by atoms with van der Waals surface area (Å²) in [6.45, 7) is 3.21. The number of ether oxygens (including phenoxy) is 2. The Labute approximate surface area is 269 Å². The highest BCUT2D eigenvalue weighted by atomic mass is 19.1. The molecule has 3 aromatic heterocycles. The maximum absolute atomic E-state index is 14.4. The molecule has 0 unspecified atom stereocenters. The highest BCUT2D eigenvalue weighted by molar-refractivity contribution is 6.07. The molecule has 3 aromatic carbocycles. The van der Waals surface area contributed by atoms with Gasteiger partial charge in [0.25, 0.3) is 5.91 Å². The summed E-state index contributed by atoms with van der Waals surface area (Å²) >= 11 is 0. The van der Waals surface area contributed by atoms with Crippen LogP contribution in [0, 0.1) is 18.6 Å². The minimum Gasteiger partial charge on any atom is -0.496 e. The molecule has 6 rings (SSSR count). The maximum atomic E-state index is 14.4. The lowest BCUT2D eigenvalue weighted by atomic mass is 10.0. The van der Waals surface area contributed by atoms with Crippen molar-refractivity contribution in [2.45, 2.75) is 6.92 Å². The van der Waals surface area contributed by atoms with Gasteiger partial charge in [-0.05, 0) is 80.2 Å². The van der Waals surface area contributed by atoms with Crippen LogP contribution < -0.4 is 25.4 Å². The van der Waals surface area contributed by atoms with E-state index in [0.29, 0.717) is 53.1 Å². The minimum atomic E-state index is -0.896. The summed E-state index contributed by atoms with van der Waals surface area (Å²) in [5.74, 6) is -1.27. The molecule has 1 amide bonds. The predicted molar refractivity (Wildman–Crippen MR) is 176 cm³/mol. The number of amides is 1. The third kappa shape index (κ3) is 6.72. The number of fused-ring (bicyclic) bond motifs is 1. The van der Waals surface area contributed by atoms with E-state index in [1.54, 1.807) is 30.5 Å². The third-order valence-corrected chi connectivity index (χ3v) is 7.31. The fourth-order valence-electron chi connectivity index (χ4n) is 5.04. The molecule has 0 spiro atoms. The lowest BCUT2D eigenvalue weighted by molar-refractivity contribution is 0.102. The lowest BCUT2D eigenvalue weighted by Gasteiger charge is -2.13. The number of aromatic nitrogens is 4. The van der Waals surface area contributed by atoms with E-state index in [0.717, 1.165) is 23.4 Å². The molecule has 0 aliphatic carbocycles. The van der Waals surface area contributed by atoms with Crippen molar-refractivity contribution in [1.82, 2.24) is 24.7 Å². The number of aryl methyl sites for hydroxylation is 1. The van der Waals surface area contributed by atoms with Gasteiger partial charge in [-0.2, -0.15) is 0 Å². The first-order valence-corrected chi connectivity index (χ1v) is 14.7. The van der Waals surface area contributed by atoms with Crippen molar-refractivity contribution in [2.75, 3.05) is 37.9 Å². The number of benzene rings is 3. The number of pyridine rings is 1. The van der Waals surface area contributed by atoms with Crippen LogP contribution in [0.1, 0.15) is 15.9 Å². The molecule has 3 N–H and O–H groups in total. The monoisotopic (exact) mass is 635 g/mol. The van der Waals surface area contributed by atoms with Crippen LogP contribution >= 0.6 is 0 Å². The van der Waals surface area contributed by atoms with Crippen molar-refractivity contribution in [3.63, 3.8) is 0 Å². The molecule has 0 saturated carbocycles. The van der Waals surface area contributed by atoms with Crippen LogP contribution in [0.15, 0.2) is 91.3 Å². The zero-order valence-electron chi connectivity index (χ0n) is 25.8. The molecule has 0 aliphatic heterocycles. The topological polar surface area (TPSA) is 115 Å². The number of halogens is 2. The van der Waals surface area contributed by atoms with E-state index in [-0.39, 0.29) is 11.3 Å². The molecule has 0 radical (unpaired) electrons. The van der Waals surface area contributed by atoms with Gasteiger partial charge in [0.05, 0.1) is 29.8 Å². The van der Waals surface area contributed by atoms with E-state index in [4.69, 9.17) is 19.4 Å². The Kier molecular flexibility index (Phi) is 9.02. The summed E-state index contributed by atoms with van der Waals surface area (Å²) in [4.78, 5) is 27.5. The summed E-state index contributed by atoms with van der Waals surface area (Å²) < 4.78 is 41.9. The van der Waals surface area contributed by atoms with Gasteiger partial charge in [0, 0.05) is 36.3 Å². The van der Waals surface area contributed by atoms with Gasteiger partial charge in [-0.1, -0.05) is 12.1 Å². The molecule has 0 aliphatic rings. The number of anilines is 3. The number of para-hydroxylation sites is 1. The Morgan fingerprint density at radius 1 is 0.957 bits per heavy atom. The Balaban J connectivity index is 1.40. The van der Waals surface area contributed by atoms with Gasteiger partial charge in [0.2, 0.25) is 5.95 Å². The second kappa shape index (κ2) is 13.6. The molecule has 3 heterocycles. The Hall–Kier alpha value is -5.88. The molecule has 0 atom stereocenters. The molecule has 10 nitrogen and oxygen atoms in total. The normalized spacial score (nSPS) is 11.0. The highest BCUT2D eigenvalue weighted by Crippen LogP contribution is 2.35. The average molecular weight is 636 g/mol. The largest absolute Gasteiger partial charge is 0.496 e. The summed E-state index contributed by atoms with van der Waals surface area (Å²) in [5, 5.41) is 8.64. The van der Waals surface area contributed by atoms with Gasteiger partial charge in [-0.15, -0.1) is 0 Å². The number of likely N-dealkylation sites (N-methyl/N-ethyl adjacent to an activating group) is 1. The fraction of sp³-hybridized carbons (Fsp3) is 0.143. The van der Waals surface area contributed by atoms with Gasteiger partial charge < -0.3 is 25.4 Å². The van der Waals surface area contributed by atoms with E-state index in [1.165, 1.54) is 13.2 Å². The standard InChI is InChI=1S/C35H31F2N7O3/c1-21-13-16-44-30(18-21)42-31(22-10-11-29(46-3)25(19-22)34(45)43-32-26(36)8-5-9-27(32)37)33(44)28-12-14-39-35(41-28)40-23-6-4-7-24(20-23)47-17-15-38-2/h4-14,16,18-20,38H,15,17H2,1-3H3,(H,43,45)(H,39,40,41). The summed E-state index contributed by atoms with van der Waals surface area (Å²) in [6.07, 6.45) is 3.54. The second-order valence-corrected chi connectivity index (χ2v) is 10.6. The molecular formula is C35H31F2N7O3. The highest BCUT2D eigenvalue weighted by Gasteiger charge is 2.22. The average Bonchev–Trinajstić information content (AvgIpc) is 3.45. The van der Waals surface area contributed by atoms with Crippen molar-refractivity contribution in [1.29, 1.82) is 0 Å². The van der Waals surface area contributed by atoms with Crippen LogP contribution in [0.2, 0.25) is 0 Å². The van der Waals surface area contributed by atoms with E-state index >= 15 is 0 Å². The van der Waals surface area contributed by atoms with Crippen molar-refractivity contribution in [2.24, 2.45) is 0 Å². The zero-order valence-corrected chi connectivity index (χ0v) is 25.8. The number of nitrogens with zero attached hydrogens (tertiary/aromatic N) is 4. The van der Waals surface area contributed by atoms with Crippen LogP contribution in [-0.2, 0) is 0 Å².